The molecule has 1 fully saturated rings. The second-order valence-corrected chi connectivity index (χ2v) is 7.72. The number of hydrogen-bond donors (Lipinski definition) is 2. The van der Waals surface area contributed by atoms with E-state index in [0.29, 0.717) is 6.54 Å². The number of aryl methyl sites for hydroxylation is 1. The average molecular weight is 372 g/mol. The Kier molecular flexibility index (Phi) is 7.12. The Labute approximate surface area is 159 Å². The Morgan fingerprint density at radius 3 is 2.46 bits per heavy atom. The van der Waals surface area contributed by atoms with Crippen LogP contribution in [0.4, 0.5) is 0 Å². The Balaban J connectivity index is 1.42. The first-order valence-electron chi connectivity index (χ1n) is 9.18. The molecule has 3 rings (SSSR count). The normalized spacial score (nSPS) is 15.0. The number of hydrogen-bond acceptors (Lipinski definition) is 3. The number of morpholine rings is 1. The van der Waals surface area contributed by atoms with Crippen molar-refractivity contribution in [3.63, 3.8) is 0 Å². The highest BCUT2D eigenvalue weighted by atomic mass is 32.2. The van der Waals surface area contributed by atoms with Crippen LogP contribution in [-0.2, 0) is 10.5 Å². The number of benzene rings is 2. The smallest absolute Gasteiger partial charge is 0.251 e. The highest BCUT2D eigenvalue weighted by Crippen LogP contribution is 2.23. The fourth-order valence-electron chi connectivity index (χ4n) is 2.92. The van der Waals surface area contributed by atoms with E-state index in [1.54, 1.807) is 0 Å². The van der Waals surface area contributed by atoms with Crippen LogP contribution >= 0.6 is 11.8 Å². The molecular weight excluding hydrogens is 344 g/mol. The monoisotopic (exact) mass is 371 g/mol. The van der Waals surface area contributed by atoms with Gasteiger partial charge in [0, 0.05) is 16.2 Å². The number of thioether (sulfide) groups is 1. The Bertz CT molecular complexity index is 695. The van der Waals surface area contributed by atoms with Crippen molar-refractivity contribution in [2.24, 2.45) is 0 Å². The molecule has 1 heterocycles. The summed E-state index contributed by atoms with van der Waals surface area (Å²) in [6.07, 6.45) is 0. The van der Waals surface area contributed by atoms with Crippen LogP contribution in [-0.4, -0.2) is 45.3 Å². The third kappa shape index (κ3) is 5.87. The van der Waals surface area contributed by atoms with Gasteiger partial charge < -0.3 is 15.0 Å². The van der Waals surface area contributed by atoms with E-state index in [2.05, 4.69) is 36.5 Å². The van der Waals surface area contributed by atoms with Gasteiger partial charge in [-0.3, -0.25) is 4.79 Å². The maximum atomic E-state index is 12.3. The molecule has 0 saturated carbocycles. The molecule has 138 valence electrons. The minimum absolute atomic E-state index is 0.00963. The SMILES string of the molecule is Cc1ccc(SCc2ccc(C(=O)NCC[NH+]3CCOCC3)cc2)cc1. The van der Waals surface area contributed by atoms with Crippen LogP contribution in [0.3, 0.4) is 0 Å². The van der Waals surface area contributed by atoms with Crippen molar-refractivity contribution in [3.8, 4) is 0 Å². The molecule has 0 unspecified atom stereocenters. The molecule has 5 heteroatoms. The van der Waals surface area contributed by atoms with Gasteiger partial charge in [0.05, 0.1) is 26.3 Å². The topological polar surface area (TPSA) is 42.8 Å². The first-order valence-corrected chi connectivity index (χ1v) is 10.2. The van der Waals surface area contributed by atoms with Crippen LogP contribution in [0, 0.1) is 6.92 Å². The van der Waals surface area contributed by atoms with Crippen molar-refractivity contribution in [1.82, 2.24) is 5.32 Å². The molecule has 1 saturated heterocycles. The maximum Gasteiger partial charge on any atom is 0.251 e. The number of rotatable bonds is 7. The molecule has 0 aliphatic carbocycles. The predicted molar refractivity (Wildman–Crippen MR) is 106 cm³/mol. The van der Waals surface area contributed by atoms with E-state index < -0.39 is 0 Å². The zero-order chi connectivity index (χ0) is 18.2. The van der Waals surface area contributed by atoms with Gasteiger partial charge in [0.25, 0.3) is 5.91 Å². The number of quaternary nitrogens is 1. The van der Waals surface area contributed by atoms with Gasteiger partial charge >= 0.3 is 0 Å². The molecule has 2 aromatic carbocycles. The number of carbonyl (C=O) groups is 1. The molecule has 1 amide bonds. The standard InChI is InChI=1S/C21H26N2O2S/c1-17-2-8-20(9-3-17)26-16-18-4-6-19(7-5-18)21(24)22-10-11-23-12-14-25-15-13-23/h2-9H,10-16H2,1H3,(H,22,24)/p+1. The van der Waals surface area contributed by atoms with E-state index in [1.807, 2.05) is 36.0 Å². The Morgan fingerprint density at radius 1 is 1.08 bits per heavy atom. The zero-order valence-electron chi connectivity index (χ0n) is 15.3. The predicted octanol–water partition coefficient (Wildman–Crippen LogP) is 1.93. The van der Waals surface area contributed by atoms with Gasteiger partial charge in [-0.15, -0.1) is 11.8 Å². The van der Waals surface area contributed by atoms with Gasteiger partial charge in [0.1, 0.15) is 13.1 Å². The second-order valence-electron chi connectivity index (χ2n) is 6.67. The van der Waals surface area contributed by atoms with E-state index in [0.717, 1.165) is 44.2 Å². The quantitative estimate of drug-likeness (QED) is 0.731. The molecule has 2 aromatic rings. The third-order valence-corrected chi connectivity index (χ3v) is 5.69. The van der Waals surface area contributed by atoms with E-state index in [-0.39, 0.29) is 5.91 Å². The lowest BCUT2D eigenvalue weighted by Crippen LogP contribution is -3.14. The van der Waals surface area contributed by atoms with Crippen LogP contribution < -0.4 is 10.2 Å². The summed E-state index contributed by atoms with van der Waals surface area (Å²) in [5.74, 6) is 0.918. The molecule has 2 N–H and O–H groups in total. The summed E-state index contributed by atoms with van der Waals surface area (Å²) in [4.78, 5) is 15.0. The van der Waals surface area contributed by atoms with Gasteiger partial charge in [0.15, 0.2) is 0 Å². The summed E-state index contributed by atoms with van der Waals surface area (Å²) in [6.45, 7) is 7.48. The van der Waals surface area contributed by atoms with Gasteiger partial charge in [0.2, 0.25) is 0 Å². The highest BCUT2D eigenvalue weighted by molar-refractivity contribution is 7.98. The fraction of sp³-hybridized carbons (Fsp3) is 0.381. The summed E-state index contributed by atoms with van der Waals surface area (Å²) in [5.41, 5.74) is 3.23. The Hall–Kier alpha value is -1.82. The lowest BCUT2D eigenvalue weighted by molar-refractivity contribution is -0.906. The molecule has 0 bridgehead atoms. The van der Waals surface area contributed by atoms with Crippen LogP contribution in [0.2, 0.25) is 0 Å². The molecule has 4 nitrogen and oxygen atoms in total. The molecule has 0 aromatic heterocycles. The summed E-state index contributed by atoms with van der Waals surface area (Å²) in [6, 6.07) is 16.5. The molecule has 26 heavy (non-hydrogen) atoms. The van der Waals surface area contributed by atoms with E-state index in [4.69, 9.17) is 4.74 Å². The van der Waals surface area contributed by atoms with Gasteiger partial charge in [-0.05, 0) is 36.8 Å². The molecule has 0 atom stereocenters. The largest absolute Gasteiger partial charge is 0.370 e. The number of nitrogens with one attached hydrogen (secondary N) is 2. The summed E-state index contributed by atoms with van der Waals surface area (Å²) >= 11 is 1.81. The maximum absolute atomic E-state index is 12.3. The van der Waals surface area contributed by atoms with Gasteiger partial charge in [-0.1, -0.05) is 29.8 Å². The zero-order valence-corrected chi connectivity index (χ0v) is 16.1. The lowest BCUT2D eigenvalue weighted by Gasteiger charge is -2.23. The van der Waals surface area contributed by atoms with Crippen LogP contribution in [0.25, 0.3) is 0 Å². The number of carbonyl (C=O) groups excluding carboxylic acids is 1. The highest BCUT2D eigenvalue weighted by Gasteiger charge is 2.13. The summed E-state index contributed by atoms with van der Waals surface area (Å²) in [7, 11) is 0. The average Bonchev–Trinajstić information content (AvgIpc) is 2.69. The van der Waals surface area contributed by atoms with Crippen molar-refractivity contribution in [2.75, 3.05) is 39.4 Å². The molecule has 1 aliphatic rings. The van der Waals surface area contributed by atoms with Crippen LogP contribution in [0.1, 0.15) is 21.5 Å². The minimum Gasteiger partial charge on any atom is -0.370 e. The Morgan fingerprint density at radius 2 is 1.77 bits per heavy atom. The third-order valence-electron chi connectivity index (χ3n) is 4.61. The van der Waals surface area contributed by atoms with E-state index in [9.17, 15) is 4.79 Å². The molecule has 1 aliphatic heterocycles. The minimum atomic E-state index is 0.00963. The van der Waals surface area contributed by atoms with Crippen molar-refractivity contribution < 1.29 is 14.4 Å². The molecule has 0 radical (unpaired) electrons. The van der Waals surface area contributed by atoms with E-state index >= 15 is 0 Å². The van der Waals surface area contributed by atoms with E-state index in [1.165, 1.54) is 20.9 Å². The van der Waals surface area contributed by atoms with Crippen LogP contribution in [0.15, 0.2) is 53.4 Å². The fourth-order valence-corrected chi connectivity index (χ4v) is 3.77. The van der Waals surface area contributed by atoms with Crippen molar-refractivity contribution >= 4 is 17.7 Å². The van der Waals surface area contributed by atoms with Gasteiger partial charge in [-0.2, -0.15) is 0 Å². The summed E-state index contributed by atoms with van der Waals surface area (Å²) in [5, 5.41) is 3.02. The number of ether oxygens (including phenoxy) is 1. The van der Waals surface area contributed by atoms with Crippen molar-refractivity contribution in [3.05, 3.63) is 65.2 Å². The van der Waals surface area contributed by atoms with Crippen LogP contribution in [0.5, 0.6) is 0 Å². The first kappa shape index (κ1) is 19.0. The number of amides is 1. The lowest BCUT2D eigenvalue weighted by atomic mass is 10.1. The molecule has 0 spiro atoms. The first-order chi connectivity index (χ1) is 12.7. The van der Waals surface area contributed by atoms with Crippen molar-refractivity contribution in [2.45, 2.75) is 17.6 Å². The summed E-state index contributed by atoms with van der Waals surface area (Å²) < 4.78 is 5.35. The second kappa shape index (κ2) is 9.76. The molecular formula is C21H27N2O2S+. The van der Waals surface area contributed by atoms with Gasteiger partial charge in [-0.25, -0.2) is 0 Å². The van der Waals surface area contributed by atoms with Crippen molar-refractivity contribution in [1.29, 1.82) is 0 Å².